The van der Waals surface area contributed by atoms with E-state index in [1.54, 1.807) is 45.3 Å². The van der Waals surface area contributed by atoms with E-state index in [0.29, 0.717) is 11.4 Å². The minimum Gasteiger partial charge on any atom is -0.401 e. The fourth-order valence-corrected chi connectivity index (χ4v) is 2.62. The van der Waals surface area contributed by atoms with Gasteiger partial charge in [0.15, 0.2) is 9.84 Å². The van der Waals surface area contributed by atoms with Crippen LogP contribution >= 0.6 is 0 Å². The van der Waals surface area contributed by atoms with Gasteiger partial charge in [-0.3, -0.25) is 4.99 Å². The Kier molecular flexibility index (Phi) is 8.83. The lowest BCUT2D eigenvalue weighted by molar-refractivity contribution is 0.230. The molecule has 0 radical (unpaired) electrons. The van der Waals surface area contributed by atoms with Crippen LogP contribution in [0.3, 0.4) is 0 Å². The van der Waals surface area contributed by atoms with Gasteiger partial charge in [-0.1, -0.05) is 18.7 Å². The summed E-state index contributed by atoms with van der Waals surface area (Å²) in [7, 11) is -0.175. The molecule has 0 aliphatic heterocycles. The average Bonchev–Trinajstić information content (AvgIpc) is 2.67. The zero-order chi connectivity index (χ0) is 24.0. The van der Waals surface area contributed by atoms with E-state index in [2.05, 4.69) is 22.2 Å². The molecule has 0 fully saturated rings. The van der Waals surface area contributed by atoms with Crippen LogP contribution < -0.4 is 16.4 Å². The van der Waals surface area contributed by atoms with E-state index in [9.17, 15) is 18.3 Å². The number of urea groups is 1. The Morgan fingerprint density at radius 3 is 2.32 bits per heavy atom. The molecule has 0 unspecified atom stereocenters. The maximum Gasteiger partial charge on any atom is 0.321 e. The summed E-state index contributed by atoms with van der Waals surface area (Å²) in [4.78, 5) is 17.5. The summed E-state index contributed by atoms with van der Waals surface area (Å²) in [6, 6.07) is 6.31. The average molecular weight is 452 g/mol. The molecular weight excluding hydrogens is 418 g/mol. The number of aliphatic imine (C=N–C) groups is 1. The molecule has 1 rings (SSSR count). The number of aliphatic hydroxyl groups is 1. The predicted molar refractivity (Wildman–Crippen MR) is 126 cm³/mol. The number of sulfone groups is 1. The van der Waals surface area contributed by atoms with Crippen molar-refractivity contribution in [2.45, 2.75) is 31.6 Å². The van der Waals surface area contributed by atoms with Crippen molar-refractivity contribution in [3.05, 3.63) is 48.2 Å². The summed E-state index contributed by atoms with van der Waals surface area (Å²) >= 11 is 0. The zero-order valence-electron chi connectivity index (χ0n) is 18.9. The number of amides is 2. The highest BCUT2D eigenvalue weighted by Gasteiger charge is 2.33. The van der Waals surface area contributed by atoms with Gasteiger partial charge < -0.3 is 26.4 Å². The summed E-state index contributed by atoms with van der Waals surface area (Å²) in [6.07, 6.45) is 2.55. The Hall–Kier alpha value is -2.85. The van der Waals surface area contributed by atoms with E-state index in [0.717, 1.165) is 11.8 Å². The molecule has 0 aliphatic carbocycles. The quantitative estimate of drug-likeness (QED) is 0.351. The monoisotopic (exact) mass is 451 g/mol. The summed E-state index contributed by atoms with van der Waals surface area (Å²) in [6.45, 7) is 8.53. The SMILES string of the molecule is C=C(NC(/C=C(\N)C(C)(C)S(C)(=O)=O)=N[C@@H](C)CO)c1ccc(NC(=O)N(C)C)cc1. The van der Waals surface area contributed by atoms with Crippen LogP contribution in [0.15, 0.2) is 47.6 Å². The van der Waals surface area contributed by atoms with Crippen molar-refractivity contribution >= 4 is 33.1 Å². The number of hydrogen-bond acceptors (Lipinski definition) is 6. The van der Waals surface area contributed by atoms with Gasteiger partial charge in [0.25, 0.3) is 0 Å². The number of nitrogens with zero attached hydrogens (tertiary/aromatic N) is 2. The van der Waals surface area contributed by atoms with E-state index in [1.807, 2.05) is 0 Å². The number of benzene rings is 1. The van der Waals surface area contributed by atoms with Crippen LogP contribution in [-0.2, 0) is 9.84 Å². The van der Waals surface area contributed by atoms with Crippen LogP contribution in [0, 0.1) is 0 Å². The molecule has 0 heterocycles. The summed E-state index contributed by atoms with van der Waals surface area (Å²) in [5.41, 5.74) is 8.01. The van der Waals surface area contributed by atoms with Crippen LogP contribution in [-0.4, -0.2) is 68.0 Å². The molecular formula is C21H33N5O4S. The van der Waals surface area contributed by atoms with Gasteiger partial charge in [0, 0.05) is 43.5 Å². The van der Waals surface area contributed by atoms with E-state index in [1.165, 1.54) is 24.8 Å². The molecule has 1 atom stereocenters. The topological polar surface area (TPSA) is 137 Å². The highest BCUT2D eigenvalue weighted by atomic mass is 32.2. The smallest absolute Gasteiger partial charge is 0.321 e. The van der Waals surface area contributed by atoms with Crippen molar-refractivity contribution in [1.82, 2.24) is 10.2 Å². The van der Waals surface area contributed by atoms with Crippen LogP contribution in [0.25, 0.3) is 5.70 Å². The van der Waals surface area contributed by atoms with Crippen molar-refractivity contribution in [2.75, 3.05) is 32.3 Å². The Morgan fingerprint density at radius 1 is 1.32 bits per heavy atom. The Bertz CT molecular complexity index is 964. The second kappa shape index (κ2) is 10.5. The standard InChI is InChI=1S/C21H33N5O4S/c1-14(13-27)23-19(12-18(22)21(3,4)31(7,29)30)24-15(2)16-8-10-17(11-9-16)25-20(28)26(5)6/h8-12,14,27H,2,13,22H2,1,3-7H3,(H,23,24)(H,25,28)/b18-12-/t14-/m0/s1. The molecule has 0 saturated heterocycles. The van der Waals surface area contributed by atoms with Crippen molar-refractivity contribution in [1.29, 1.82) is 0 Å². The van der Waals surface area contributed by atoms with Gasteiger partial charge in [0.1, 0.15) is 10.6 Å². The second-order valence-electron chi connectivity index (χ2n) is 7.93. The third-order valence-electron chi connectivity index (χ3n) is 4.71. The molecule has 9 nitrogen and oxygen atoms in total. The normalized spacial score (nSPS) is 14.0. The third-order valence-corrected chi connectivity index (χ3v) is 6.80. The largest absolute Gasteiger partial charge is 0.401 e. The van der Waals surface area contributed by atoms with Crippen LogP contribution in [0.2, 0.25) is 0 Å². The van der Waals surface area contributed by atoms with E-state index >= 15 is 0 Å². The Morgan fingerprint density at radius 2 is 1.87 bits per heavy atom. The predicted octanol–water partition coefficient (Wildman–Crippen LogP) is 1.79. The molecule has 10 heteroatoms. The van der Waals surface area contributed by atoms with Crippen molar-refractivity contribution in [2.24, 2.45) is 10.7 Å². The minimum absolute atomic E-state index is 0.0981. The minimum atomic E-state index is -3.47. The molecule has 0 saturated carbocycles. The number of anilines is 1. The van der Waals surface area contributed by atoms with Crippen LogP contribution in [0.4, 0.5) is 10.5 Å². The first kappa shape index (κ1) is 26.2. The summed E-state index contributed by atoms with van der Waals surface area (Å²) < 4.78 is 22.9. The number of hydrogen-bond donors (Lipinski definition) is 4. The Balaban J connectivity index is 3.14. The maximum atomic E-state index is 12.1. The summed E-state index contributed by atoms with van der Waals surface area (Å²) in [5, 5.41) is 15.1. The highest BCUT2D eigenvalue weighted by molar-refractivity contribution is 7.92. The molecule has 0 aliphatic rings. The summed E-state index contributed by atoms with van der Waals surface area (Å²) in [5.74, 6) is 0.269. The van der Waals surface area contributed by atoms with E-state index in [-0.39, 0.29) is 24.2 Å². The molecule has 2 amide bonds. The molecule has 31 heavy (non-hydrogen) atoms. The number of aliphatic hydroxyl groups excluding tert-OH is 1. The van der Waals surface area contributed by atoms with Gasteiger partial charge in [0.05, 0.1) is 12.6 Å². The second-order valence-corrected chi connectivity index (χ2v) is 10.5. The molecule has 0 aromatic heterocycles. The number of rotatable bonds is 8. The van der Waals surface area contributed by atoms with E-state index in [4.69, 9.17) is 5.73 Å². The fraction of sp³-hybridized carbons (Fsp3) is 0.429. The van der Waals surface area contributed by atoms with Crippen molar-refractivity contribution < 1.29 is 18.3 Å². The van der Waals surface area contributed by atoms with E-state index < -0.39 is 20.6 Å². The molecule has 172 valence electrons. The zero-order valence-corrected chi connectivity index (χ0v) is 19.7. The highest BCUT2D eigenvalue weighted by Crippen LogP contribution is 2.22. The van der Waals surface area contributed by atoms with Gasteiger partial charge in [-0.05, 0) is 38.5 Å². The molecule has 1 aromatic rings. The number of nitrogens with one attached hydrogen (secondary N) is 2. The maximum absolute atomic E-state index is 12.1. The van der Waals surface area contributed by atoms with Gasteiger partial charge in [-0.25, -0.2) is 13.2 Å². The first-order valence-corrected chi connectivity index (χ1v) is 11.5. The van der Waals surface area contributed by atoms with Gasteiger partial charge in [0.2, 0.25) is 0 Å². The number of nitrogens with two attached hydrogens (primary N) is 1. The molecule has 0 bridgehead atoms. The lowest BCUT2D eigenvalue weighted by Gasteiger charge is -2.23. The van der Waals surface area contributed by atoms with Crippen LogP contribution in [0.5, 0.6) is 0 Å². The third kappa shape index (κ3) is 7.41. The van der Waals surface area contributed by atoms with Gasteiger partial charge >= 0.3 is 6.03 Å². The van der Waals surface area contributed by atoms with Crippen molar-refractivity contribution in [3.63, 3.8) is 0 Å². The lowest BCUT2D eigenvalue weighted by Crippen LogP contribution is -2.38. The number of carbonyl (C=O) groups is 1. The fourth-order valence-electron chi connectivity index (χ4n) is 2.14. The Labute approximate surface area is 184 Å². The van der Waals surface area contributed by atoms with Crippen molar-refractivity contribution in [3.8, 4) is 0 Å². The molecule has 0 spiro atoms. The number of carbonyl (C=O) groups excluding carboxylic acids is 1. The van der Waals surface area contributed by atoms with Gasteiger partial charge in [-0.2, -0.15) is 0 Å². The first-order valence-electron chi connectivity index (χ1n) is 9.59. The first-order chi connectivity index (χ1) is 14.2. The lowest BCUT2D eigenvalue weighted by atomic mass is 10.1. The molecule has 5 N–H and O–H groups in total. The number of amidine groups is 1. The van der Waals surface area contributed by atoms with Crippen LogP contribution in [0.1, 0.15) is 26.3 Å². The molecule has 1 aromatic carbocycles. The van der Waals surface area contributed by atoms with Gasteiger partial charge in [-0.15, -0.1) is 0 Å².